The monoisotopic (exact) mass is 286 g/mol. The number of hydrogen-bond acceptors (Lipinski definition) is 4. The number of nitrogens with one attached hydrogen (secondary N) is 1. The summed E-state index contributed by atoms with van der Waals surface area (Å²) in [5.41, 5.74) is 0.691. The van der Waals surface area contributed by atoms with Crippen LogP contribution in [0.1, 0.15) is 22.8 Å². The van der Waals surface area contributed by atoms with Gasteiger partial charge in [0.15, 0.2) is 0 Å². The van der Waals surface area contributed by atoms with Gasteiger partial charge in [-0.25, -0.2) is 13.6 Å². The first-order valence-electron chi connectivity index (χ1n) is 5.32. The van der Waals surface area contributed by atoms with Crippen LogP contribution < -0.4 is 10.5 Å². The number of hydrogen-bond donors (Lipinski definition) is 3. The van der Waals surface area contributed by atoms with Crippen LogP contribution in [0.25, 0.3) is 0 Å². The van der Waals surface area contributed by atoms with Gasteiger partial charge in [0, 0.05) is 5.56 Å². The number of amides is 1. The van der Waals surface area contributed by atoms with Crippen LogP contribution >= 0.6 is 0 Å². The Kier molecular flexibility index (Phi) is 4.62. The summed E-state index contributed by atoms with van der Waals surface area (Å²) >= 11 is 0. The van der Waals surface area contributed by atoms with E-state index in [1.165, 1.54) is 31.2 Å². The summed E-state index contributed by atoms with van der Waals surface area (Å²) in [4.78, 5) is 22.2. The number of rotatable bonds is 5. The third-order valence-electron chi connectivity index (χ3n) is 2.30. The van der Waals surface area contributed by atoms with Crippen LogP contribution in [0.15, 0.2) is 24.3 Å². The van der Waals surface area contributed by atoms with Crippen LogP contribution in [0.2, 0.25) is 0 Å². The first-order chi connectivity index (χ1) is 8.69. The summed E-state index contributed by atoms with van der Waals surface area (Å²) in [6.07, 6.45) is 0. The Labute approximate surface area is 110 Å². The van der Waals surface area contributed by atoms with Gasteiger partial charge in [0.25, 0.3) is 5.91 Å². The highest BCUT2D eigenvalue weighted by molar-refractivity contribution is 7.88. The number of benzene rings is 1. The first-order valence-corrected chi connectivity index (χ1v) is 7.03. The predicted molar refractivity (Wildman–Crippen MR) is 67.8 cm³/mol. The summed E-state index contributed by atoms with van der Waals surface area (Å²) < 4.78 is 21.7. The number of primary sulfonamides is 1. The first kappa shape index (κ1) is 15.1. The van der Waals surface area contributed by atoms with Gasteiger partial charge in [-0.1, -0.05) is 12.1 Å². The Hall–Kier alpha value is -1.93. The number of carbonyl (C=O) groups excluding carboxylic acids is 1. The van der Waals surface area contributed by atoms with Gasteiger partial charge in [-0.05, 0) is 24.6 Å². The zero-order valence-corrected chi connectivity index (χ0v) is 11.0. The van der Waals surface area contributed by atoms with Crippen LogP contribution in [0, 0.1) is 0 Å². The van der Waals surface area contributed by atoms with E-state index in [-0.39, 0.29) is 11.3 Å². The SMILES string of the molecule is C[C@@H](NC(=O)c1ccc(CS(N)(=O)=O)cc1)C(=O)O. The second kappa shape index (κ2) is 5.81. The van der Waals surface area contributed by atoms with E-state index in [9.17, 15) is 18.0 Å². The highest BCUT2D eigenvalue weighted by Gasteiger charge is 2.15. The van der Waals surface area contributed by atoms with Gasteiger partial charge in [0.05, 0.1) is 5.75 Å². The Morgan fingerprint density at radius 1 is 1.32 bits per heavy atom. The number of aliphatic carboxylic acids is 1. The van der Waals surface area contributed by atoms with E-state index in [2.05, 4.69) is 5.32 Å². The summed E-state index contributed by atoms with van der Waals surface area (Å²) in [6.45, 7) is 1.34. The maximum absolute atomic E-state index is 11.6. The fourth-order valence-corrected chi connectivity index (χ4v) is 1.98. The van der Waals surface area contributed by atoms with Crippen molar-refractivity contribution in [1.29, 1.82) is 0 Å². The fraction of sp³-hybridized carbons (Fsp3) is 0.273. The van der Waals surface area contributed by atoms with E-state index in [0.29, 0.717) is 5.56 Å². The molecule has 1 amide bonds. The average Bonchev–Trinajstić information content (AvgIpc) is 2.27. The zero-order chi connectivity index (χ0) is 14.6. The van der Waals surface area contributed by atoms with E-state index in [4.69, 9.17) is 10.2 Å². The van der Waals surface area contributed by atoms with Crippen molar-refractivity contribution in [2.24, 2.45) is 5.14 Å². The van der Waals surface area contributed by atoms with Crippen molar-refractivity contribution in [3.05, 3.63) is 35.4 Å². The maximum Gasteiger partial charge on any atom is 0.325 e. The molecule has 0 unspecified atom stereocenters. The second-order valence-corrected chi connectivity index (χ2v) is 5.65. The second-order valence-electron chi connectivity index (χ2n) is 4.04. The van der Waals surface area contributed by atoms with E-state index < -0.39 is 27.9 Å². The summed E-state index contributed by atoms with van der Waals surface area (Å²) in [5, 5.41) is 15.8. The molecule has 0 saturated heterocycles. The third kappa shape index (κ3) is 5.06. The lowest BCUT2D eigenvalue weighted by Gasteiger charge is -2.09. The molecule has 0 spiro atoms. The molecule has 0 heterocycles. The van der Waals surface area contributed by atoms with Crippen molar-refractivity contribution < 1.29 is 23.1 Å². The van der Waals surface area contributed by atoms with Gasteiger partial charge in [-0.2, -0.15) is 0 Å². The van der Waals surface area contributed by atoms with Crippen LogP contribution in [0.3, 0.4) is 0 Å². The van der Waals surface area contributed by atoms with Crippen molar-refractivity contribution in [3.63, 3.8) is 0 Å². The third-order valence-corrected chi connectivity index (χ3v) is 3.04. The van der Waals surface area contributed by atoms with E-state index in [0.717, 1.165) is 0 Å². The topological polar surface area (TPSA) is 127 Å². The molecule has 1 atom stereocenters. The lowest BCUT2D eigenvalue weighted by Crippen LogP contribution is -2.38. The Bertz CT molecular complexity index is 580. The van der Waals surface area contributed by atoms with Crippen molar-refractivity contribution in [1.82, 2.24) is 5.32 Å². The molecule has 1 rings (SSSR count). The number of carboxylic acid groups (broad SMARTS) is 1. The maximum atomic E-state index is 11.6. The number of carbonyl (C=O) groups is 2. The van der Waals surface area contributed by atoms with Gasteiger partial charge in [0.1, 0.15) is 6.04 Å². The molecule has 104 valence electrons. The molecule has 8 heteroatoms. The van der Waals surface area contributed by atoms with Gasteiger partial charge in [-0.15, -0.1) is 0 Å². The highest BCUT2D eigenvalue weighted by atomic mass is 32.2. The molecule has 0 saturated carbocycles. The predicted octanol–water partition coefficient (Wildman–Crippen LogP) is -0.322. The molecular formula is C11H14N2O5S. The molecule has 0 bridgehead atoms. The zero-order valence-electron chi connectivity index (χ0n) is 10.2. The van der Waals surface area contributed by atoms with E-state index in [1.54, 1.807) is 0 Å². The minimum Gasteiger partial charge on any atom is -0.480 e. The minimum absolute atomic E-state index is 0.242. The lowest BCUT2D eigenvalue weighted by atomic mass is 10.1. The van der Waals surface area contributed by atoms with Crippen LogP contribution in [0.5, 0.6) is 0 Å². The highest BCUT2D eigenvalue weighted by Crippen LogP contribution is 2.07. The quantitative estimate of drug-likeness (QED) is 0.683. The van der Waals surface area contributed by atoms with Gasteiger partial charge in [0.2, 0.25) is 10.0 Å². The molecule has 4 N–H and O–H groups in total. The summed E-state index contributed by atoms with van der Waals surface area (Å²) in [7, 11) is -3.62. The molecule has 0 aliphatic carbocycles. The van der Waals surface area contributed by atoms with Gasteiger partial charge in [-0.3, -0.25) is 9.59 Å². The summed E-state index contributed by atoms with van der Waals surface area (Å²) in [5.74, 6) is -2.00. The van der Waals surface area contributed by atoms with Crippen molar-refractivity contribution in [2.75, 3.05) is 0 Å². The Balaban J connectivity index is 2.76. The molecular weight excluding hydrogens is 272 g/mol. The Morgan fingerprint density at radius 2 is 1.84 bits per heavy atom. The standard InChI is InChI=1S/C11H14N2O5S/c1-7(11(15)16)13-10(14)9-4-2-8(3-5-9)6-19(12,17)18/h2-5,7H,6H2,1H3,(H,13,14)(H,15,16)(H2,12,17,18)/t7-/m1/s1. The van der Waals surface area contributed by atoms with Gasteiger partial charge < -0.3 is 10.4 Å². The molecule has 0 fully saturated rings. The lowest BCUT2D eigenvalue weighted by molar-refractivity contribution is -0.138. The van der Waals surface area contributed by atoms with Crippen molar-refractivity contribution in [2.45, 2.75) is 18.7 Å². The molecule has 1 aromatic carbocycles. The van der Waals surface area contributed by atoms with E-state index >= 15 is 0 Å². The van der Waals surface area contributed by atoms with Crippen molar-refractivity contribution >= 4 is 21.9 Å². The molecule has 0 aliphatic heterocycles. The minimum atomic E-state index is -3.62. The molecule has 0 aliphatic rings. The molecule has 0 aromatic heterocycles. The van der Waals surface area contributed by atoms with E-state index in [1.807, 2.05) is 0 Å². The smallest absolute Gasteiger partial charge is 0.325 e. The average molecular weight is 286 g/mol. The number of carboxylic acids is 1. The van der Waals surface area contributed by atoms with Crippen molar-refractivity contribution in [3.8, 4) is 0 Å². The Morgan fingerprint density at radius 3 is 2.26 bits per heavy atom. The number of sulfonamides is 1. The largest absolute Gasteiger partial charge is 0.480 e. The molecule has 1 aromatic rings. The normalized spacial score (nSPS) is 12.7. The van der Waals surface area contributed by atoms with Gasteiger partial charge >= 0.3 is 5.97 Å². The molecule has 7 nitrogen and oxygen atoms in total. The molecule has 19 heavy (non-hydrogen) atoms. The fourth-order valence-electron chi connectivity index (χ4n) is 1.33. The van der Waals surface area contributed by atoms with Crippen LogP contribution in [-0.2, 0) is 20.6 Å². The van der Waals surface area contributed by atoms with Crippen LogP contribution in [-0.4, -0.2) is 31.4 Å². The summed E-state index contributed by atoms with van der Waals surface area (Å²) in [6, 6.07) is 4.71. The van der Waals surface area contributed by atoms with Crippen LogP contribution in [0.4, 0.5) is 0 Å². The molecule has 0 radical (unpaired) electrons. The number of nitrogens with two attached hydrogens (primary N) is 1.